The van der Waals surface area contributed by atoms with Crippen LogP contribution < -0.4 is 0 Å². The summed E-state index contributed by atoms with van der Waals surface area (Å²) in [7, 11) is 0. The lowest BCUT2D eigenvalue weighted by molar-refractivity contribution is 1.16. The first-order valence-electron chi connectivity index (χ1n) is 7.05. The molecule has 3 aromatic heterocycles. The average Bonchev–Trinajstić information content (AvgIpc) is 3.27. The second kappa shape index (κ2) is 5.98. The molecule has 4 rings (SSSR count). The Morgan fingerprint density at radius 2 is 1.74 bits per heavy atom. The van der Waals surface area contributed by atoms with E-state index in [1.54, 1.807) is 17.5 Å². The van der Waals surface area contributed by atoms with Crippen molar-refractivity contribution in [1.82, 2.24) is 19.6 Å². The van der Waals surface area contributed by atoms with Gasteiger partial charge in [-0.1, -0.05) is 28.8 Å². The van der Waals surface area contributed by atoms with Crippen LogP contribution in [0.1, 0.15) is 5.56 Å². The van der Waals surface area contributed by atoms with Crippen LogP contribution in [0.2, 0.25) is 0 Å². The zero-order valence-electron chi connectivity index (χ0n) is 12.3. The first-order chi connectivity index (χ1) is 11.3. The lowest BCUT2D eigenvalue weighted by Gasteiger charge is -2.01. The van der Waals surface area contributed by atoms with Gasteiger partial charge in [0.15, 0.2) is 0 Å². The third-order valence-electron chi connectivity index (χ3n) is 3.61. The molecule has 0 fully saturated rings. The first kappa shape index (κ1) is 14.2. The zero-order chi connectivity index (χ0) is 15.6. The number of aromatic nitrogens is 4. The van der Waals surface area contributed by atoms with Crippen LogP contribution in [0.25, 0.3) is 33.1 Å². The second-order valence-electron chi connectivity index (χ2n) is 5.10. The van der Waals surface area contributed by atoms with E-state index < -0.39 is 0 Å². The fourth-order valence-electron chi connectivity index (χ4n) is 2.34. The van der Waals surface area contributed by atoms with Gasteiger partial charge in [-0.2, -0.15) is 0 Å². The van der Waals surface area contributed by atoms with Gasteiger partial charge in [0.05, 0.1) is 5.69 Å². The van der Waals surface area contributed by atoms with Gasteiger partial charge in [-0.3, -0.25) is 4.98 Å². The number of rotatable bonds is 3. The molecule has 0 atom stereocenters. The van der Waals surface area contributed by atoms with Crippen LogP contribution in [0, 0.1) is 6.92 Å². The van der Waals surface area contributed by atoms with E-state index in [-0.39, 0.29) is 0 Å². The zero-order valence-corrected chi connectivity index (χ0v) is 13.9. The van der Waals surface area contributed by atoms with Gasteiger partial charge in [-0.05, 0) is 30.1 Å². The van der Waals surface area contributed by atoms with E-state index in [0.29, 0.717) is 0 Å². The normalized spacial score (nSPS) is 10.8. The number of thiazole rings is 1. The van der Waals surface area contributed by atoms with Crippen molar-refractivity contribution in [2.75, 3.05) is 0 Å². The number of pyridine rings is 1. The lowest BCUT2D eigenvalue weighted by atomic mass is 10.1. The number of benzene rings is 1. The van der Waals surface area contributed by atoms with Gasteiger partial charge in [0.2, 0.25) is 0 Å². The van der Waals surface area contributed by atoms with Crippen molar-refractivity contribution >= 4 is 22.9 Å². The number of nitrogens with zero attached hydrogens (tertiary/aromatic N) is 4. The van der Waals surface area contributed by atoms with Crippen LogP contribution in [0.3, 0.4) is 0 Å². The van der Waals surface area contributed by atoms with Crippen LogP contribution in [0.5, 0.6) is 0 Å². The molecule has 0 aliphatic heterocycles. The fraction of sp³-hybridized carbons (Fsp3) is 0.0588. The molecule has 23 heavy (non-hydrogen) atoms. The Balaban J connectivity index is 1.66. The molecule has 0 bridgehead atoms. The van der Waals surface area contributed by atoms with Crippen molar-refractivity contribution in [1.29, 1.82) is 0 Å². The number of hydrogen-bond acceptors (Lipinski definition) is 6. The van der Waals surface area contributed by atoms with Crippen molar-refractivity contribution in [2.45, 2.75) is 6.92 Å². The van der Waals surface area contributed by atoms with Gasteiger partial charge < -0.3 is 0 Å². The third-order valence-corrected chi connectivity index (χ3v) is 5.00. The van der Waals surface area contributed by atoms with Gasteiger partial charge in [0, 0.05) is 39.8 Å². The largest absolute Gasteiger partial charge is 0.264 e. The number of aryl methyl sites for hydroxylation is 1. The van der Waals surface area contributed by atoms with Crippen molar-refractivity contribution in [2.24, 2.45) is 0 Å². The van der Waals surface area contributed by atoms with Gasteiger partial charge in [-0.15, -0.1) is 16.4 Å². The lowest BCUT2D eigenvalue weighted by Crippen LogP contribution is -1.85. The Morgan fingerprint density at radius 1 is 0.913 bits per heavy atom. The molecule has 0 aliphatic carbocycles. The Labute approximate surface area is 141 Å². The van der Waals surface area contributed by atoms with Crippen LogP contribution in [0.4, 0.5) is 0 Å². The predicted octanol–water partition coefficient (Wildman–Crippen LogP) is 4.70. The molecule has 112 valence electrons. The van der Waals surface area contributed by atoms with E-state index in [9.17, 15) is 0 Å². The summed E-state index contributed by atoms with van der Waals surface area (Å²) in [6, 6.07) is 10.3. The Hall–Kier alpha value is -2.44. The maximum atomic E-state index is 4.76. The predicted molar refractivity (Wildman–Crippen MR) is 94.4 cm³/mol. The van der Waals surface area contributed by atoms with Crippen molar-refractivity contribution in [3.05, 3.63) is 59.0 Å². The first-order valence-corrected chi connectivity index (χ1v) is 8.77. The summed E-state index contributed by atoms with van der Waals surface area (Å²) < 4.78 is 3.90. The van der Waals surface area contributed by atoms with Crippen molar-refractivity contribution in [3.63, 3.8) is 0 Å². The van der Waals surface area contributed by atoms with Crippen LogP contribution >= 0.6 is 22.9 Å². The Kier molecular flexibility index (Phi) is 3.69. The molecule has 0 spiro atoms. The second-order valence-corrected chi connectivity index (χ2v) is 6.56. The maximum Gasteiger partial charge on any atom is 0.124 e. The molecular formula is C17H12N4S2. The van der Waals surface area contributed by atoms with Crippen LogP contribution in [-0.4, -0.2) is 19.6 Å². The smallest absolute Gasteiger partial charge is 0.124 e. The molecule has 4 nitrogen and oxygen atoms in total. The van der Waals surface area contributed by atoms with E-state index in [1.807, 2.05) is 17.6 Å². The highest BCUT2D eigenvalue weighted by atomic mass is 32.1. The highest BCUT2D eigenvalue weighted by molar-refractivity contribution is 7.13. The summed E-state index contributed by atoms with van der Waals surface area (Å²) in [6.07, 6.45) is 3.67. The van der Waals surface area contributed by atoms with E-state index in [0.717, 1.165) is 33.1 Å². The molecule has 0 unspecified atom stereocenters. The van der Waals surface area contributed by atoms with E-state index in [1.165, 1.54) is 17.1 Å². The topological polar surface area (TPSA) is 51.6 Å². The van der Waals surface area contributed by atoms with E-state index in [2.05, 4.69) is 51.1 Å². The number of hydrogen-bond donors (Lipinski definition) is 0. The molecule has 0 saturated heterocycles. The summed E-state index contributed by atoms with van der Waals surface area (Å²) in [5, 5.41) is 9.12. The van der Waals surface area contributed by atoms with E-state index >= 15 is 0 Å². The molecule has 0 saturated carbocycles. The van der Waals surface area contributed by atoms with Gasteiger partial charge >= 0.3 is 0 Å². The van der Waals surface area contributed by atoms with E-state index in [4.69, 9.17) is 4.98 Å². The van der Waals surface area contributed by atoms with Crippen molar-refractivity contribution < 1.29 is 0 Å². The standard InChI is InChI=1S/C17H12N4S2/c1-11-6-7-18-8-14(11)16-9-22-17(19-16)13-4-2-12(3-5-13)15-10-23-21-20-15/h2-10H,1H3. The SMILES string of the molecule is Cc1ccncc1-c1csc(-c2ccc(-c3csnn3)cc2)n1. The summed E-state index contributed by atoms with van der Waals surface area (Å²) in [5.41, 5.74) is 6.33. The van der Waals surface area contributed by atoms with Gasteiger partial charge in [0.25, 0.3) is 0 Å². The summed E-state index contributed by atoms with van der Waals surface area (Å²) in [6.45, 7) is 2.08. The van der Waals surface area contributed by atoms with Crippen LogP contribution in [0.15, 0.2) is 53.5 Å². The average molecular weight is 336 g/mol. The molecule has 3 heterocycles. The highest BCUT2D eigenvalue weighted by Gasteiger charge is 2.09. The molecule has 0 aliphatic rings. The minimum atomic E-state index is 0.910. The van der Waals surface area contributed by atoms with Crippen molar-refractivity contribution in [3.8, 4) is 33.1 Å². The Morgan fingerprint density at radius 3 is 2.48 bits per heavy atom. The molecule has 1 aromatic carbocycles. The highest BCUT2D eigenvalue weighted by Crippen LogP contribution is 2.31. The third kappa shape index (κ3) is 2.78. The van der Waals surface area contributed by atoms with Gasteiger partial charge in [0.1, 0.15) is 10.7 Å². The molecule has 0 amide bonds. The molecule has 6 heteroatoms. The monoisotopic (exact) mass is 336 g/mol. The minimum Gasteiger partial charge on any atom is -0.264 e. The molecule has 0 radical (unpaired) electrons. The summed E-state index contributed by atoms with van der Waals surface area (Å²) >= 11 is 3.00. The van der Waals surface area contributed by atoms with Crippen LogP contribution in [-0.2, 0) is 0 Å². The Bertz CT molecular complexity index is 927. The maximum absolute atomic E-state index is 4.76. The molecule has 4 aromatic rings. The fourth-order valence-corrected chi connectivity index (χ4v) is 3.63. The molecular weight excluding hydrogens is 324 g/mol. The summed E-state index contributed by atoms with van der Waals surface area (Å²) in [5.74, 6) is 0. The molecule has 0 N–H and O–H groups in total. The summed E-state index contributed by atoms with van der Waals surface area (Å²) in [4.78, 5) is 8.95. The van der Waals surface area contributed by atoms with Gasteiger partial charge in [-0.25, -0.2) is 4.98 Å². The minimum absolute atomic E-state index is 0.910. The quantitative estimate of drug-likeness (QED) is 0.544.